The maximum atomic E-state index is 12.8. The molecule has 0 saturated carbocycles. The fourth-order valence-electron chi connectivity index (χ4n) is 2.90. The van der Waals surface area contributed by atoms with Gasteiger partial charge in [-0.05, 0) is 38.0 Å². The van der Waals surface area contributed by atoms with Crippen molar-refractivity contribution >= 4 is 17.6 Å². The molecule has 0 aliphatic rings. The van der Waals surface area contributed by atoms with Gasteiger partial charge in [0.25, 0.3) is 5.91 Å². The van der Waals surface area contributed by atoms with Gasteiger partial charge < -0.3 is 10.4 Å². The standard InChI is InChI=1S/C20H21N5O3/c1-11(2)18-17(9-21-13(4)23-18)19(26)24-14-6-5-7-15(8-14)25-12(3)16(10-22-25)20(27)28/h5-11H,1-4H3,(H,24,26)(H,27,28). The van der Waals surface area contributed by atoms with Gasteiger partial charge in [-0.3, -0.25) is 4.79 Å². The molecule has 1 amide bonds. The van der Waals surface area contributed by atoms with Crippen molar-refractivity contribution in [3.05, 3.63) is 65.0 Å². The van der Waals surface area contributed by atoms with E-state index >= 15 is 0 Å². The fourth-order valence-corrected chi connectivity index (χ4v) is 2.90. The lowest BCUT2D eigenvalue weighted by molar-refractivity contribution is 0.0696. The van der Waals surface area contributed by atoms with Gasteiger partial charge in [-0.2, -0.15) is 5.10 Å². The zero-order chi connectivity index (χ0) is 20.4. The summed E-state index contributed by atoms with van der Waals surface area (Å²) < 4.78 is 1.52. The summed E-state index contributed by atoms with van der Waals surface area (Å²) in [7, 11) is 0. The Bertz CT molecular complexity index is 1060. The molecule has 0 bridgehead atoms. The zero-order valence-electron chi connectivity index (χ0n) is 16.1. The van der Waals surface area contributed by atoms with Crippen LogP contribution < -0.4 is 5.32 Å². The van der Waals surface area contributed by atoms with Crippen molar-refractivity contribution in [2.24, 2.45) is 0 Å². The van der Waals surface area contributed by atoms with E-state index in [-0.39, 0.29) is 17.4 Å². The molecule has 2 aromatic heterocycles. The highest BCUT2D eigenvalue weighted by Gasteiger charge is 2.18. The summed E-state index contributed by atoms with van der Waals surface area (Å²) in [6.45, 7) is 7.41. The van der Waals surface area contributed by atoms with E-state index in [1.54, 1.807) is 38.1 Å². The first-order valence-corrected chi connectivity index (χ1v) is 8.81. The van der Waals surface area contributed by atoms with E-state index in [1.165, 1.54) is 17.1 Å². The Kier molecular flexibility index (Phi) is 5.21. The maximum Gasteiger partial charge on any atom is 0.339 e. The van der Waals surface area contributed by atoms with Crippen LogP contribution in [0.15, 0.2) is 36.7 Å². The molecule has 2 N–H and O–H groups in total. The number of aryl methyl sites for hydroxylation is 1. The smallest absolute Gasteiger partial charge is 0.339 e. The largest absolute Gasteiger partial charge is 0.478 e. The van der Waals surface area contributed by atoms with Crippen LogP contribution in [0.1, 0.15) is 57.7 Å². The molecule has 1 aromatic carbocycles. The molecule has 0 unspecified atom stereocenters. The molecule has 2 heterocycles. The van der Waals surface area contributed by atoms with Crippen molar-refractivity contribution in [1.82, 2.24) is 19.7 Å². The number of aromatic nitrogens is 4. The van der Waals surface area contributed by atoms with E-state index in [4.69, 9.17) is 0 Å². The van der Waals surface area contributed by atoms with Crippen molar-refractivity contribution in [2.75, 3.05) is 5.32 Å². The van der Waals surface area contributed by atoms with Gasteiger partial charge in [-0.1, -0.05) is 19.9 Å². The number of aromatic carboxylic acids is 1. The maximum absolute atomic E-state index is 12.8. The highest BCUT2D eigenvalue weighted by Crippen LogP contribution is 2.21. The molecule has 8 nitrogen and oxygen atoms in total. The summed E-state index contributed by atoms with van der Waals surface area (Å²) in [4.78, 5) is 32.5. The lowest BCUT2D eigenvalue weighted by atomic mass is 10.0. The number of hydrogen-bond acceptors (Lipinski definition) is 5. The molecule has 0 aliphatic carbocycles. The summed E-state index contributed by atoms with van der Waals surface area (Å²) in [6, 6.07) is 7.04. The number of nitrogens with zero attached hydrogens (tertiary/aromatic N) is 4. The number of nitrogens with one attached hydrogen (secondary N) is 1. The second kappa shape index (κ2) is 7.59. The van der Waals surface area contributed by atoms with Crippen LogP contribution in [0.2, 0.25) is 0 Å². The highest BCUT2D eigenvalue weighted by molar-refractivity contribution is 6.05. The van der Waals surface area contributed by atoms with Crippen LogP contribution in [0.4, 0.5) is 5.69 Å². The van der Waals surface area contributed by atoms with Crippen LogP contribution in [-0.4, -0.2) is 36.7 Å². The predicted octanol–water partition coefficient (Wildman–Crippen LogP) is 3.35. The second-order valence-electron chi connectivity index (χ2n) is 6.74. The summed E-state index contributed by atoms with van der Waals surface area (Å²) >= 11 is 0. The SMILES string of the molecule is Cc1ncc(C(=O)Nc2cccc(-n3ncc(C(=O)O)c3C)c2)c(C(C)C)n1. The third-order valence-corrected chi connectivity index (χ3v) is 4.32. The number of hydrogen-bond donors (Lipinski definition) is 2. The number of amides is 1. The Labute approximate surface area is 162 Å². The Hall–Kier alpha value is -3.55. The van der Waals surface area contributed by atoms with Gasteiger partial charge in [0.15, 0.2) is 0 Å². The number of carbonyl (C=O) groups is 2. The highest BCUT2D eigenvalue weighted by atomic mass is 16.4. The van der Waals surface area contributed by atoms with E-state index < -0.39 is 5.97 Å². The minimum Gasteiger partial charge on any atom is -0.478 e. The van der Waals surface area contributed by atoms with Gasteiger partial charge in [-0.15, -0.1) is 0 Å². The van der Waals surface area contributed by atoms with E-state index in [0.717, 1.165) is 0 Å². The number of carboxylic acid groups (broad SMARTS) is 1. The Balaban J connectivity index is 1.90. The molecule has 28 heavy (non-hydrogen) atoms. The normalized spacial score (nSPS) is 10.9. The molecule has 0 atom stereocenters. The minimum absolute atomic E-state index is 0.0787. The first-order chi connectivity index (χ1) is 13.3. The first kappa shape index (κ1) is 19.2. The van der Waals surface area contributed by atoms with Crippen molar-refractivity contribution in [1.29, 1.82) is 0 Å². The molecular formula is C20H21N5O3. The van der Waals surface area contributed by atoms with Crippen molar-refractivity contribution in [3.63, 3.8) is 0 Å². The van der Waals surface area contributed by atoms with Gasteiger partial charge in [0.2, 0.25) is 0 Å². The number of rotatable bonds is 5. The Morgan fingerprint density at radius 2 is 1.89 bits per heavy atom. The monoisotopic (exact) mass is 379 g/mol. The van der Waals surface area contributed by atoms with Gasteiger partial charge in [0.05, 0.1) is 28.8 Å². The molecule has 0 radical (unpaired) electrons. The number of carboxylic acids is 1. The van der Waals surface area contributed by atoms with Crippen LogP contribution in [0.5, 0.6) is 0 Å². The van der Waals surface area contributed by atoms with Crippen LogP contribution in [0, 0.1) is 13.8 Å². The molecule has 0 saturated heterocycles. The molecule has 0 aliphatic heterocycles. The molecule has 3 aromatic rings. The average Bonchev–Trinajstić information content (AvgIpc) is 3.03. The summed E-state index contributed by atoms with van der Waals surface area (Å²) in [5.41, 5.74) is 2.96. The number of benzene rings is 1. The van der Waals surface area contributed by atoms with Crippen LogP contribution in [0.3, 0.4) is 0 Å². The lowest BCUT2D eigenvalue weighted by Gasteiger charge is -2.13. The summed E-state index contributed by atoms with van der Waals surface area (Å²) in [6.07, 6.45) is 2.84. The summed E-state index contributed by atoms with van der Waals surface area (Å²) in [5.74, 6) is -0.640. The fraction of sp³-hybridized carbons (Fsp3) is 0.250. The quantitative estimate of drug-likeness (QED) is 0.703. The van der Waals surface area contributed by atoms with Gasteiger partial charge >= 0.3 is 5.97 Å². The van der Waals surface area contributed by atoms with Crippen LogP contribution in [0.25, 0.3) is 5.69 Å². The van der Waals surface area contributed by atoms with Gasteiger partial charge in [0.1, 0.15) is 11.4 Å². The van der Waals surface area contributed by atoms with E-state index in [1.807, 2.05) is 13.8 Å². The second-order valence-corrected chi connectivity index (χ2v) is 6.74. The number of carbonyl (C=O) groups excluding carboxylic acids is 1. The average molecular weight is 379 g/mol. The van der Waals surface area contributed by atoms with Crippen molar-refractivity contribution < 1.29 is 14.7 Å². The number of anilines is 1. The van der Waals surface area contributed by atoms with Gasteiger partial charge in [0, 0.05) is 11.9 Å². The Morgan fingerprint density at radius 1 is 1.14 bits per heavy atom. The molecule has 0 spiro atoms. The molecule has 3 rings (SSSR count). The van der Waals surface area contributed by atoms with Crippen molar-refractivity contribution in [2.45, 2.75) is 33.6 Å². The van der Waals surface area contributed by atoms with Gasteiger partial charge in [-0.25, -0.2) is 19.4 Å². The minimum atomic E-state index is -1.03. The summed E-state index contributed by atoms with van der Waals surface area (Å²) in [5, 5.41) is 16.2. The van der Waals surface area contributed by atoms with E-state index in [2.05, 4.69) is 20.4 Å². The van der Waals surface area contributed by atoms with E-state index in [0.29, 0.717) is 34.2 Å². The zero-order valence-corrected chi connectivity index (χ0v) is 16.1. The molecule has 0 fully saturated rings. The lowest BCUT2D eigenvalue weighted by Crippen LogP contribution is -2.17. The Morgan fingerprint density at radius 3 is 2.54 bits per heavy atom. The third kappa shape index (κ3) is 3.75. The molecule has 8 heteroatoms. The topological polar surface area (TPSA) is 110 Å². The third-order valence-electron chi connectivity index (χ3n) is 4.32. The van der Waals surface area contributed by atoms with E-state index in [9.17, 15) is 14.7 Å². The predicted molar refractivity (Wildman–Crippen MR) is 104 cm³/mol. The first-order valence-electron chi connectivity index (χ1n) is 8.81. The molecular weight excluding hydrogens is 358 g/mol. The van der Waals surface area contributed by atoms with Crippen LogP contribution in [-0.2, 0) is 0 Å². The van der Waals surface area contributed by atoms with Crippen molar-refractivity contribution in [3.8, 4) is 5.69 Å². The van der Waals surface area contributed by atoms with Crippen LogP contribution >= 0.6 is 0 Å². The molecule has 144 valence electrons.